The molecule has 0 unspecified atom stereocenters. The molecular formula is C12H16N2O3. The van der Waals surface area contributed by atoms with E-state index in [1.54, 1.807) is 0 Å². The summed E-state index contributed by atoms with van der Waals surface area (Å²) in [7, 11) is 0. The van der Waals surface area contributed by atoms with E-state index in [1.165, 1.54) is 0 Å². The molecule has 1 saturated heterocycles. The molecule has 0 aromatic heterocycles. The first kappa shape index (κ1) is 11.8. The quantitative estimate of drug-likeness (QED) is 0.526. The molecule has 2 rings (SSSR count). The van der Waals surface area contributed by atoms with E-state index in [2.05, 4.69) is 10.6 Å². The lowest BCUT2D eigenvalue weighted by atomic mass is 9.62. The maximum atomic E-state index is 12.1. The molecule has 1 heterocycles. The molecule has 0 bridgehead atoms. The molecule has 5 heteroatoms. The Bertz CT molecular complexity index is 392. The molecule has 0 aromatic carbocycles. The van der Waals surface area contributed by atoms with E-state index >= 15 is 0 Å². The van der Waals surface area contributed by atoms with Crippen molar-refractivity contribution >= 4 is 17.8 Å². The lowest BCUT2D eigenvalue weighted by Crippen LogP contribution is -2.65. The first-order chi connectivity index (χ1) is 7.98. The highest BCUT2D eigenvalue weighted by molar-refractivity contribution is 6.19. The zero-order valence-corrected chi connectivity index (χ0v) is 9.95. The molecule has 0 saturated carbocycles. The summed E-state index contributed by atoms with van der Waals surface area (Å²) in [4.78, 5) is 35.3. The number of hydrogen-bond acceptors (Lipinski definition) is 3. The Balaban J connectivity index is 2.44. The smallest absolute Gasteiger partial charge is 0.277 e. The monoisotopic (exact) mass is 236 g/mol. The number of urea groups is 1. The van der Waals surface area contributed by atoms with Crippen LogP contribution in [0.25, 0.3) is 0 Å². The fraction of sp³-hybridized carbons (Fsp3) is 0.583. The van der Waals surface area contributed by atoms with Gasteiger partial charge < -0.3 is 0 Å². The zero-order chi connectivity index (χ0) is 12.6. The van der Waals surface area contributed by atoms with Crippen LogP contribution < -0.4 is 10.6 Å². The summed E-state index contributed by atoms with van der Waals surface area (Å²) in [5.41, 5.74) is -1.11. The summed E-state index contributed by atoms with van der Waals surface area (Å²) in [6, 6.07) is -0.720. The number of allylic oxidation sites excluding steroid dienone is 2. The van der Waals surface area contributed by atoms with Crippen molar-refractivity contribution in [2.75, 3.05) is 0 Å². The third kappa shape index (κ3) is 1.66. The van der Waals surface area contributed by atoms with Gasteiger partial charge in [0.2, 0.25) is 11.8 Å². The molecule has 92 valence electrons. The fourth-order valence-electron chi connectivity index (χ4n) is 2.79. The summed E-state index contributed by atoms with van der Waals surface area (Å²) >= 11 is 0. The van der Waals surface area contributed by atoms with E-state index in [1.807, 2.05) is 26.0 Å². The molecular weight excluding hydrogens is 220 g/mol. The SMILES string of the molecule is CC(C)[C@H]1CC=CCC12C(=O)NC(=O)NC2=O. The Morgan fingerprint density at radius 3 is 2.29 bits per heavy atom. The van der Waals surface area contributed by atoms with Crippen molar-refractivity contribution in [3.8, 4) is 0 Å². The second-order valence-corrected chi connectivity index (χ2v) is 4.97. The topological polar surface area (TPSA) is 75.3 Å². The van der Waals surface area contributed by atoms with Crippen molar-refractivity contribution in [3.05, 3.63) is 12.2 Å². The Morgan fingerprint density at radius 1 is 1.18 bits per heavy atom. The van der Waals surface area contributed by atoms with Crippen molar-refractivity contribution in [1.29, 1.82) is 0 Å². The Morgan fingerprint density at radius 2 is 1.76 bits per heavy atom. The predicted octanol–water partition coefficient (Wildman–Crippen LogP) is 0.961. The molecule has 4 amide bonds. The highest BCUT2D eigenvalue weighted by atomic mass is 16.2. The summed E-state index contributed by atoms with van der Waals surface area (Å²) < 4.78 is 0. The number of amides is 4. The number of carbonyl (C=O) groups excluding carboxylic acids is 3. The van der Waals surface area contributed by atoms with Crippen LogP contribution in [0.5, 0.6) is 0 Å². The summed E-state index contributed by atoms with van der Waals surface area (Å²) in [5.74, 6) is -0.797. The average molecular weight is 236 g/mol. The number of carbonyl (C=O) groups is 3. The molecule has 1 fully saturated rings. The second-order valence-electron chi connectivity index (χ2n) is 4.97. The van der Waals surface area contributed by atoms with Gasteiger partial charge in [0, 0.05) is 0 Å². The molecule has 5 nitrogen and oxygen atoms in total. The van der Waals surface area contributed by atoms with Gasteiger partial charge in [0.05, 0.1) is 0 Å². The van der Waals surface area contributed by atoms with Gasteiger partial charge in [0.25, 0.3) is 0 Å². The molecule has 1 atom stereocenters. The van der Waals surface area contributed by atoms with Gasteiger partial charge in [-0.3, -0.25) is 20.2 Å². The number of hydrogen-bond donors (Lipinski definition) is 2. The molecule has 1 aliphatic heterocycles. The van der Waals surface area contributed by atoms with E-state index in [4.69, 9.17) is 0 Å². The average Bonchev–Trinajstić information content (AvgIpc) is 2.26. The minimum atomic E-state index is -1.11. The lowest BCUT2D eigenvalue weighted by Gasteiger charge is -2.42. The molecule has 2 aliphatic rings. The van der Waals surface area contributed by atoms with E-state index in [-0.39, 0.29) is 11.8 Å². The van der Waals surface area contributed by atoms with E-state index in [0.717, 1.165) is 0 Å². The normalized spacial score (nSPS) is 27.2. The van der Waals surface area contributed by atoms with Crippen LogP contribution in [-0.2, 0) is 9.59 Å². The molecule has 2 N–H and O–H groups in total. The van der Waals surface area contributed by atoms with Crippen LogP contribution in [0.4, 0.5) is 4.79 Å². The van der Waals surface area contributed by atoms with Crippen molar-refractivity contribution in [2.45, 2.75) is 26.7 Å². The molecule has 0 aromatic rings. The number of nitrogens with one attached hydrogen (secondary N) is 2. The Kier molecular flexibility index (Phi) is 2.77. The Hall–Kier alpha value is -1.65. The maximum Gasteiger partial charge on any atom is 0.328 e. The minimum Gasteiger partial charge on any atom is -0.277 e. The number of rotatable bonds is 1. The van der Waals surface area contributed by atoms with Crippen LogP contribution in [0, 0.1) is 17.3 Å². The highest BCUT2D eigenvalue weighted by Crippen LogP contribution is 2.43. The van der Waals surface area contributed by atoms with Crippen LogP contribution in [-0.4, -0.2) is 17.8 Å². The van der Waals surface area contributed by atoms with E-state index in [9.17, 15) is 14.4 Å². The lowest BCUT2D eigenvalue weighted by molar-refractivity contribution is -0.150. The summed E-state index contributed by atoms with van der Waals surface area (Å²) in [5, 5.41) is 4.42. The van der Waals surface area contributed by atoms with Gasteiger partial charge in [-0.25, -0.2) is 4.79 Å². The fourth-order valence-corrected chi connectivity index (χ4v) is 2.79. The van der Waals surface area contributed by atoms with Gasteiger partial charge in [-0.05, 0) is 24.7 Å². The van der Waals surface area contributed by atoms with Crippen molar-refractivity contribution < 1.29 is 14.4 Å². The summed E-state index contributed by atoms with van der Waals surface area (Å²) in [6.07, 6.45) is 4.88. The third-order valence-corrected chi connectivity index (χ3v) is 3.70. The minimum absolute atomic E-state index is 0.0689. The van der Waals surface area contributed by atoms with Crippen molar-refractivity contribution in [2.24, 2.45) is 17.3 Å². The van der Waals surface area contributed by atoms with E-state index < -0.39 is 23.3 Å². The second kappa shape index (κ2) is 3.98. The maximum absolute atomic E-state index is 12.1. The van der Waals surface area contributed by atoms with Gasteiger partial charge in [-0.2, -0.15) is 0 Å². The van der Waals surface area contributed by atoms with Crippen LogP contribution in [0.2, 0.25) is 0 Å². The van der Waals surface area contributed by atoms with Gasteiger partial charge in [0.15, 0.2) is 0 Å². The van der Waals surface area contributed by atoms with Crippen LogP contribution in [0.1, 0.15) is 26.7 Å². The largest absolute Gasteiger partial charge is 0.328 e. The predicted molar refractivity (Wildman–Crippen MR) is 60.8 cm³/mol. The number of barbiturate groups is 1. The van der Waals surface area contributed by atoms with Crippen LogP contribution in [0.15, 0.2) is 12.2 Å². The van der Waals surface area contributed by atoms with Crippen LogP contribution >= 0.6 is 0 Å². The first-order valence-electron chi connectivity index (χ1n) is 5.80. The number of imide groups is 2. The molecule has 0 radical (unpaired) electrons. The van der Waals surface area contributed by atoms with Gasteiger partial charge in [-0.15, -0.1) is 0 Å². The first-order valence-corrected chi connectivity index (χ1v) is 5.80. The van der Waals surface area contributed by atoms with Gasteiger partial charge >= 0.3 is 6.03 Å². The van der Waals surface area contributed by atoms with Gasteiger partial charge in [-0.1, -0.05) is 26.0 Å². The van der Waals surface area contributed by atoms with Gasteiger partial charge in [0.1, 0.15) is 5.41 Å². The van der Waals surface area contributed by atoms with Crippen LogP contribution in [0.3, 0.4) is 0 Å². The van der Waals surface area contributed by atoms with Crippen molar-refractivity contribution in [3.63, 3.8) is 0 Å². The summed E-state index contributed by atoms with van der Waals surface area (Å²) in [6.45, 7) is 3.98. The Labute approximate surface area is 99.6 Å². The zero-order valence-electron chi connectivity index (χ0n) is 9.95. The standard InChI is InChI=1S/C12H16N2O3/c1-7(2)8-5-3-4-6-12(8)9(15)13-11(17)14-10(12)16/h3-4,7-8H,5-6H2,1-2H3,(H2,13,14,15,16,17)/t8-/m1/s1. The molecule has 17 heavy (non-hydrogen) atoms. The highest BCUT2D eigenvalue weighted by Gasteiger charge is 2.55. The molecule has 1 aliphatic carbocycles. The molecule has 1 spiro atoms. The van der Waals surface area contributed by atoms with E-state index in [0.29, 0.717) is 12.8 Å². The third-order valence-electron chi connectivity index (χ3n) is 3.70. The van der Waals surface area contributed by atoms with Crippen molar-refractivity contribution in [1.82, 2.24) is 10.6 Å².